The van der Waals surface area contributed by atoms with Gasteiger partial charge < -0.3 is 15.2 Å². The Morgan fingerprint density at radius 1 is 1.12 bits per heavy atom. The highest BCUT2D eigenvalue weighted by Gasteiger charge is 2.10. The van der Waals surface area contributed by atoms with Crippen LogP contribution in [0.3, 0.4) is 0 Å². The molecule has 0 radical (unpaired) electrons. The zero-order valence-corrected chi connectivity index (χ0v) is 9.09. The third-order valence-corrected chi connectivity index (χ3v) is 2.13. The standard InChI is InChI=1S/C11H13F2NO2/c1-15-8-3-7(4-9(5-8)16-2)10(6-14)11(12)13/h3-5H,6,14H2,1-2H3. The number of halogens is 2. The van der Waals surface area contributed by atoms with Crippen LogP contribution in [0, 0.1) is 0 Å². The Hall–Kier alpha value is -1.62. The molecule has 3 nitrogen and oxygen atoms in total. The summed E-state index contributed by atoms with van der Waals surface area (Å²) < 4.78 is 35.1. The summed E-state index contributed by atoms with van der Waals surface area (Å²) >= 11 is 0. The average Bonchev–Trinajstić information content (AvgIpc) is 2.29. The smallest absolute Gasteiger partial charge is 0.275 e. The summed E-state index contributed by atoms with van der Waals surface area (Å²) in [6.45, 7) is -0.237. The summed E-state index contributed by atoms with van der Waals surface area (Å²) in [7, 11) is 2.91. The van der Waals surface area contributed by atoms with Gasteiger partial charge in [0.05, 0.1) is 14.2 Å². The monoisotopic (exact) mass is 229 g/mol. The van der Waals surface area contributed by atoms with E-state index in [4.69, 9.17) is 15.2 Å². The van der Waals surface area contributed by atoms with E-state index in [0.29, 0.717) is 17.1 Å². The van der Waals surface area contributed by atoms with Gasteiger partial charge in [0.25, 0.3) is 6.08 Å². The van der Waals surface area contributed by atoms with Crippen molar-refractivity contribution in [2.45, 2.75) is 0 Å². The Kier molecular flexibility index (Phi) is 4.25. The molecule has 0 aromatic heterocycles. The fourth-order valence-electron chi connectivity index (χ4n) is 1.29. The molecule has 0 spiro atoms. The van der Waals surface area contributed by atoms with Crippen LogP contribution >= 0.6 is 0 Å². The zero-order chi connectivity index (χ0) is 12.1. The molecule has 5 heteroatoms. The number of hydrogen-bond donors (Lipinski definition) is 1. The predicted octanol–water partition coefficient (Wildman–Crippen LogP) is 2.27. The van der Waals surface area contributed by atoms with Crippen molar-refractivity contribution >= 4 is 5.57 Å². The van der Waals surface area contributed by atoms with Crippen LogP contribution in [0.5, 0.6) is 11.5 Å². The van der Waals surface area contributed by atoms with Crippen LogP contribution in [0.15, 0.2) is 24.3 Å². The van der Waals surface area contributed by atoms with Crippen LogP contribution < -0.4 is 15.2 Å². The van der Waals surface area contributed by atoms with Crippen molar-refractivity contribution in [1.29, 1.82) is 0 Å². The normalized spacial score (nSPS) is 9.81. The van der Waals surface area contributed by atoms with Gasteiger partial charge >= 0.3 is 0 Å². The second kappa shape index (κ2) is 5.46. The Morgan fingerprint density at radius 2 is 1.62 bits per heavy atom. The summed E-state index contributed by atoms with van der Waals surface area (Å²) in [4.78, 5) is 0. The van der Waals surface area contributed by atoms with E-state index in [2.05, 4.69) is 0 Å². The van der Waals surface area contributed by atoms with Crippen molar-refractivity contribution in [2.24, 2.45) is 5.73 Å². The molecule has 0 aliphatic rings. The first kappa shape index (κ1) is 12.4. The Bertz CT molecular complexity index is 379. The van der Waals surface area contributed by atoms with Gasteiger partial charge in [-0.25, -0.2) is 0 Å². The van der Waals surface area contributed by atoms with Crippen molar-refractivity contribution in [3.63, 3.8) is 0 Å². The minimum Gasteiger partial charge on any atom is -0.497 e. The second-order valence-corrected chi connectivity index (χ2v) is 3.04. The first-order valence-electron chi connectivity index (χ1n) is 4.60. The minimum atomic E-state index is -1.79. The summed E-state index contributed by atoms with van der Waals surface area (Å²) in [5.41, 5.74) is 5.36. The highest BCUT2D eigenvalue weighted by atomic mass is 19.3. The minimum absolute atomic E-state index is 0.211. The van der Waals surface area contributed by atoms with E-state index in [1.54, 1.807) is 6.07 Å². The van der Waals surface area contributed by atoms with Crippen LogP contribution in [0.4, 0.5) is 8.78 Å². The van der Waals surface area contributed by atoms with E-state index in [1.807, 2.05) is 0 Å². The quantitative estimate of drug-likeness (QED) is 0.861. The molecule has 1 rings (SSSR count). The highest BCUT2D eigenvalue weighted by Crippen LogP contribution is 2.28. The second-order valence-electron chi connectivity index (χ2n) is 3.04. The van der Waals surface area contributed by atoms with Gasteiger partial charge in [0, 0.05) is 18.2 Å². The number of rotatable bonds is 4. The molecule has 0 heterocycles. The Labute approximate surface area is 92.5 Å². The predicted molar refractivity (Wildman–Crippen MR) is 57.7 cm³/mol. The molecule has 0 saturated carbocycles. The average molecular weight is 229 g/mol. The summed E-state index contributed by atoms with van der Waals surface area (Å²) in [6.07, 6.45) is -1.79. The van der Waals surface area contributed by atoms with Crippen molar-refractivity contribution in [1.82, 2.24) is 0 Å². The highest BCUT2D eigenvalue weighted by molar-refractivity contribution is 5.69. The lowest BCUT2D eigenvalue weighted by molar-refractivity contribution is 0.393. The van der Waals surface area contributed by atoms with Crippen molar-refractivity contribution in [3.05, 3.63) is 29.8 Å². The van der Waals surface area contributed by atoms with E-state index in [-0.39, 0.29) is 12.1 Å². The van der Waals surface area contributed by atoms with E-state index < -0.39 is 6.08 Å². The van der Waals surface area contributed by atoms with E-state index in [9.17, 15) is 8.78 Å². The summed E-state index contributed by atoms with van der Waals surface area (Å²) in [5, 5.41) is 0. The zero-order valence-electron chi connectivity index (χ0n) is 9.09. The molecule has 0 atom stereocenters. The van der Waals surface area contributed by atoms with Crippen LogP contribution in [-0.4, -0.2) is 20.8 Å². The summed E-state index contributed by atoms with van der Waals surface area (Å²) in [6, 6.07) is 4.58. The molecule has 2 N–H and O–H groups in total. The van der Waals surface area contributed by atoms with Gasteiger partial charge in [-0.05, 0) is 17.7 Å². The van der Waals surface area contributed by atoms with Gasteiger partial charge in [-0.1, -0.05) is 0 Å². The Balaban J connectivity index is 3.27. The van der Waals surface area contributed by atoms with Gasteiger partial charge in [-0.2, -0.15) is 8.78 Å². The molecule has 0 saturated heterocycles. The number of nitrogens with two attached hydrogens (primary N) is 1. The molecular weight excluding hydrogens is 216 g/mol. The number of benzene rings is 1. The van der Waals surface area contributed by atoms with E-state index >= 15 is 0 Å². The van der Waals surface area contributed by atoms with Crippen LogP contribution in [-0.2, 0) is 0 Å². The van der Waals surface area contributed by atoms with Gasteiger partial charge in [-0.15, -0.1) is 0 Å². The van der Waals surface area contributed by atoms with Crippen molar-refractivity contribution in [2.75, 3.05) is 20.8 Å². The number of hydrogen-bond acceptors (Lipinski definition) is 3. The van der Waals surface area contributed by atoms with Gasteiger partial charge in [-0.3, -0.25) is 0 Å². The van der Waals surface area contributed by atoms with Gasteiger partial charge in [0.15, 0.2) is 0 Å². The fourth-order valence-corrected chi connectivity index (χ4v) is 1.29. The van der Waals surface area contributed by atoms with Crippen LogP contribution in [0.2, 0.25) is 0 Å². The molecule has 0 aliphatic heterocycles. The first-order valence-corrected chi connectivity index (χ1v) is 4.60. The third-order valence-electron chi connectivity index (χ3n) is 2.13. The van der Waals surface area contributed by atoms with Gasteiger partial charge in [0.2, 0.25) is 0 Å². The topological polar surface area (TPSA) is 44.5 Å². The maximum atomic E-state index is 12.6. The largest absolute Gasteiger partial charge is 0.497 e. The maximum absolute atomic E-state index is 12.6. The molecule has 1 aromatic rings. The number of ether oxygens (including phenoxy) is 2. The maximum Gasteiger partial charge on any atom is 0.275 e. The molecule has 0 amide bonds. The van der Waals surface area contributed by atoms with Crippen LogP contribution in [0.25, 0.3) is 5.57 Å². The fraction of sp³-hybridized carbons (Fsp3) is 0.273. The Morgan fingerprint density at radius 3 is 1.94 bits per heavy atom. The molecule has 0 bridgehead atoms. The summed E-state index contributed by atoms with van der Waals surface area (Å²) in [5.74, 6) is 0.892. The van der Waals surface area contributed by atoms with E-state index in [1.165, 1.54) is 26.4 Å². The van der Waals surface area contributed by atoms with Crippen molar-refractivity contribution < 1.29 is 18.3 Å². The molecule has 88 valence electrons. The number of methoxy groups -OCH3 is 2. The molecule has 16 heavy (non-hydrogen) atoms. The van der Waals surface area contributed by atoms with Crippen LogP contribution in [0.1, 0.15) is 5.56 Å². The lowest BCUT2D eigenvalue weighted by atomic mass is 10.1. The SMILES string of the molecule is COc1cc(OC)cc(C(CN)=C(F)F)c1. The molecule has 1 aromatic carbocycles. The molecule has 0 aliphatic carbocycles. The molecule has 0 fully saturated rings. The third kappa shape index (κ3) is 2.70. The molecular formula is C11H13F2NO2. The lowest BCUT2D eigenvalue weighted by Crippen LogP contribution is -2.04. The van der Waals surface area contributed by atoms with Crippen molar-refractivity contribution in [3.8, 4) is 11.5 Å². The first-order chi connectivity index (χ1) is 7.62. The van der Waals surface area contributed by atoms with E-state index in [0.717, 1.165) is 0 Å². The van der Waals surface area contributed by atoms with Gasteiger partial charge in [0.1, 0.15) is 11.5 Å². The molecule has 0 unspecified atom stereocenters. The lowest BCUT2D eigenvalue weighted by Gasteiger charge is -2.09.